The Morgan fingerprint density at radius 2 is 1.63 bits per heavy atom. The minimum Gasteiger partial charge on any atom is -0.497 e. The monoisotopic (exact) mass is 839 g/mol. The van der Waals surface area contributed by atoms with Crippen LogP contribution in [0.4, 0.5) is 33.5 Å². The van der Waals surface area contributed by atoms with Crippen molar-refractivity contribution in [1.29, 1.82) is 0 Å². The van der Waals surface area contributed by atoms with Crippen LogP contribution in [0.2, 0.25) is 0 Å². The van der Waals surface area contributed by atoms with E-state index < -0.39 is 46.5 Å². The van der Waals surface area contributed by atoms with Crippen molar-refractivity contribution in [2.24, 2.45) is 0 Å². The largest absolute Gasteiger partial charge is 0.497 e. The summed E-state index contributed by atoms with van der Waals surface area (Å²) in [6.45, 7) is 3.78. The number of hydrogen-bond acceptors (Lipinski definition) is 11. The van der Waals surface area contributed by atoms with Gasteiger partial charge in [0.1, 0.15) is 35.7 Å². The highest BCUT2D eigenvalue weighted by Gasteiger charge is 2.49. The predicted octanol–water partition coefficient (Wildman–Crippen LogP) is 7.22. The molecule has 3 aromatic carbocycles. The second-order valence-electron chi connectivity index (χ2n) is 16.5. The molecule has 5 heterocycles. The van der Waals surface area contributed by atoms with E-state index in [2.05, 4.69) is 4.90 Å². The third-order valence-corrected chi connectivity index (χ3v) is 12.0. The summed E-state index contributed by atoms with van der Waals surface area (Å²) in [6, 6.07) is 16.4. The van der Waals surface area contributed by atoms with E-state index in [4.69, 9.17) is 33.7 Å². The second-order valence-corrected chi connectivity index (χ2v) is 16.5. The van der Waals surface area contributed by atoms with Gasteiger partial charge in [-0.25, -0.2) is 8.78 Å². The molecule has 0 spiro atoms. The van der Waals surface area contributed by atoms with Gasteiger partial charge in [-0.3, -0.25) is 4.90 Å². The molecular formula is C44H50F5N5O6. The minimum atomic E-state index is -4.92. The molecule has 2 unspecified atom stereocenters. The molecule has 322 valence electrons. The van der Waals surface area contributed by atoms with Crippen molar-refractivity contribution in [2.45, 2.75) is 81.9 Å². The molecule has 4 atom stereocenters. The SMILES string of the molecule is COc1ccc(CN(Cc2ccc(OC)cc2)c2ccc(C(F)(F)F)c(C3Cc4nc(OC[C@@]56CCCN5C[C@H](F)C6)nc(N5CCOCC(C)(O)C5)c4CO3)c2F)cc1. The number of aliphatic hydroxyl groups is 1. The molecule has 1 N–H and O–H groups in total. The molecule has 3 saturated heterocycles. The van der Waals surface area contributed by atoms with Crippen LogP contribution in [-0.4, -0.2) is 97.5 Å². The van der Waals surface area contributed by atoms with Crippen molar-refractivity contribution in [3.63, 3.8) is 0 Å². The Labute approximate surface area is 346 Å². The van der Waals surface area contributed by atoms with E-state index in [-0.39, 0.29) is 64.2 Å². The van der Waals surface area contributed by atoms with Crippen molar-refractivity contribution < 1.29 is 50.7 Å². The van der Waals surface area contributed by atoms with Crippen LogP contribution in [0.5, 0.6) is 17.5 Å². The lowest BCUT2D eigenvalue weighted by atomic mass is 9.93. The lowest BCUT2D eigenvalue weighted by Crippen LogP contribution is -2.44. The number of fused-ring (bicyclic) bond motifs is 2. The summed E-state index contributed by atoms with van der Waals surface area (Å²) in [5.74, 6) is 0.570. The average molecular weight is 840 g/mol. The third-order valence-electron chi connectivity index (χ3n) is 12.0. The number of benzene rings is 3. The van der Waals surface area contributed by atoms with E-state index in [0.717, 1.165) is 36.6 Å². The Morgan fingerprint density at radius 3 is 2.28 bits per heavy atom. The zero-order chi connectivity index (χ0) is 42.2. The fraction of sp³-hybridized carbons (Fsp3) is 0.500. The Morgan fingerprint density at radius 1 is 0.950 bits per heavy atom. The summed E-state index contributed by atoms with van der Waals surface area (Å²) in [7, 11) is 3.09. The van der Waals surface area contributed by atoms with Gasteiger partial charge in [0.2, 0.25) is 0 Å². The number of alkyl halides is 4. The molecule has 1 aromatic heterocycles. The molecule has 3 fully saturated rings. The van der Waals surface area contributed by atoms with E-state index in [0.29, 0.717) is 48.1 Å². The van der Waals surface area contributed by atoms with Crippen LogP contribution in [0, 0.1) is 5.82 Å². The first kappa shape index (κ1) is 41.9. The van der Waals surface area contributed by atoms with Crippen LogP contribution in [0.1, 0.15) is 65.8 Å². The molecule has 0 bridgehead atoms. The van der Waals surface area contributed by atoms with Crippen LogP contribution in [0.3, 0.4) is 0 Å². The Bertz CT molecular complexity index is 2090. The third kappa shape index (κ3) is 8.83. The van der Waals surface area contributed by atoms with Crippen molar-refractivity contribution in [1.82, 2.24) is 14.9 Å². The van der Waals surface area contributed by atoms with Gasteiger partial charge in [-0.2, -0.15) is 23.1 Å². The molecule has 11 nitrogen and oxygen atoms in total. The summed E-state index contributed by atoms with van der Waals surface area (Å²) in [5.41, 5.74) is -1.20. The van der Waals surface area contributed by atoms with Crippen LogP contribution >= 0.6 is 0 Å². The van der Waals surface area contributed by atoms with Crippen molar-refractivity contribution >= 4 is 11.5 Å². The summed E-state index contributed by atoms with van der Waals surface area (Å²) in [4.78, 5) is 15.1. The fourth-order valence-electron chi connectivity index (χ4n) is 9.09. The molecule has 4 aliphatic heterocycles. The molecule has 60 heavy (non-hydrogen) atoms. The lowest BCUT2D eigenvalue weighted by molar-refractivity contribution is -0.140. The van der Waals surface area contributed by atoms with Gasteiger partial charge in [0.05, 0.1) is 69.2 Å². The molecule has 4 aliphatic rings. The number of hydrogen-bond donors (Lipinski definition) is 1. The van der Waals surface area contributed by atoms with Crippen molar-refractivity contribution in [2.75, 3.05) is 70.0 Å². The molecule has 0 radical (unpaired) electrons. The predicted molar refractivity (Wildman–Crippen MR) is 213 cm³/mol. The van der Waals surface area contributed by atoms with E-state index in [9.17, 15) is 22.7 Å². The number of aromatic nitrogens is 2. The summed E-state index contributed by atoms with van der Waals surface area (Å²) < 4.78 is 106. The van der Waals surface area contributed by atoms with Crippen LogP contribution in [0.15, 0.2) is 60.7 Å². The molecule has 4 aromatic rings. The fourth-order valence-corrected chi connectivity index (χ4v) is 9.09. The maximum absolute atomic E-state index is 17.3. The average Bonchev–Trinajstić information content (AvgIpc) is 3.69. The molecule has 8 rings (SSSR count). The van der Waals surface area contributed by atoms with Gasteiger partial charge in [0, 0.05) is 50.1 Å². The Hall–Kier alpha value is -4.77. The molecular weight excluding hydrogens is 790 g/mol. The van der Waals surface area contributed by atoms with Crippen LogP contribution in [0.25, 0.3) is 0 Å². The summed E-state index contributed by atoms with van der Waals surface area (Å²) in [6.07, 6.45) is -5.56. The van der Waals surface area contributed by atoms with Crippen molar-refractivity contribution in [3.8, 4) is 17.5 Å². The number of β-amino-alcohol motifs (C(OH)–C–C–N with tert-alkyl or cyclic N) is 1. The smallest absolute Gasteiger partial charge is 0.416 e. The van der Waals surface area contributed by atoms with Gasteiger partial charge in [-0.15, -0.1) is 0 Å². The number of ether oxygens (including phenoxy) is 5. The van der Waals surface area contributed by atoms with Crippen LogP contribution in [-0.2, 0) is 41.8 Å². The van der Waals surface area contributed by atoms with E-state index in [1.54, 1.807) is 50.3 Å². The van der Waals surface area contributed by atoms with Gasteiger partial charge in [-0.05, 0) is 73.8 Å². The molecule has 16 heteroatoms. The summed E-state index contributed by atoms with van der Waals surface area (Å²) in [5, 5.41) is 11.1. The number of nitrogens with zero attached hydrogens (tertiary/aromatic N) is 5. The zero-order valence-corrected chi connectivity index (χ0v) is 33.9. The first-order valence-electron chi connectivity index (χ1n) is 20.2. The highest BCUT2D eigenvalue weighted by Crippen LogP contribution is 2.45. The zero-order valence-electron chi connectivity index (χ0n) is 33.9. The van der Waals surface area contributed by atoms with Gasteiger partial charge in [0.25, 0.3) is 0 Å². The molecule has 0 saturated carbocycles. The highest BCUT2D eigenvalue weighted by atomic mass is 19.4. The van der Waals surface area contributed by atoms with Gasteiger partial charge < -0.3 is 38.6 Å². The quantitative estimate of drug-likeness (QED) is 0.147. The Balaban J connectivity index is 1.17. The second kappa shape index (κ2) is 16.9. The normalized spacial score (nSPS) is 24.4. The highest BCUT2D eigenvalue weighted by molar-refractivity contribution is 5.57. The lowest BCUT2D eigenvalue weighted by Gasteiger charge is -2.34. The summed E-state index contributed by atoms with van der Waals surface area (Å²) >= 11 is 0. The van der Waals surface area contributed by atoms with E-state index in [1.165, 1.54) is 6.07 Å². The first-order chi connectivity index (χ1) is 28.7. The molecule has 0 aliphatic carbocycles. The van der Waals surface area contributed by atoms with E-state index in [1.807, 2.05) is 29.2 Å². The minimum absolute atomic E-state index is 0.0341. The van der Waals surface area contributed by atoms with Crippen LogP contribution < -0.4 is 24.0 Å². The Kier molecular flexibility index (Phi) is 11.8. The van der Waals surface area contributed by atoms with Gasteiger partial charge in [-0.1, -0.05) is 24.3 Å². The van der Waals surface area contributed by atoms with Gasteiger partial charge >= 0.3 is 12.2 Å². The number of anilines is 2. The van der Waals surface area contributed by atoms with Crippen molar-refractivity contribution in [3.05, 3.63) is 100.0 Å². The maximum Gasteiger partial charge on any atom is 0.416 e. The maximum atomic E-state index is 17.3. The first-order valence-corrected chi connectivity index (χ1v) is 20.2. The topological polar surface area (TPSA) is 102 Å². The number of methoxy groups -OCH3 is 2. The van der Waals surface area contributed by atoms with E-state index >= 15 is 4.39 Å². The molecule has 0 amide bonds. The standard InChI is InChI=1S/C44H50F5N5O6/c1-42(55)25-52(17-18-58-26-42)40-33-24-59-37(19-35(33)50-41(51-40)60-27-43-15-4-16-54(43)23-30(45)20-43)38-34(44(47,48)49)13-14-36(39(38)46)53(21-28-5-9-31(56-2)10-6-28)22-29-7-11-32(57-3)12-8-29/h5-14,30,37,55H,4,15-27H2,1-3H3/t30-,37?,42?,43+/m1/s1. The van der Waals surface area contributed by atoms with Gasteiger partial charge in [0.15, 0.2) is 5.82 Å². The number of rotatable bonds is 12. The number of halogens is 5.